The number of rotatable bonds is 3. The molecule has 6 heteroatoms. The standard InChI is InChI=1S/C12H11N3O3/c13-9-2-1-7(5-10(9)14)18-8-3-4-15-11(6-8)12(16)17/h1-6H,13-14H2,(H,16,17). The van der Waals surface area contributed by atoms with Crippen LogP contribution >= 0.6 is 0 Å². The third-order valence-corrected chi connectivity index (χ3v) is 2.24. The molecule has 0 saturated carbocycles. The van der Waals surface area contributed by atoms with Crippen molar-refractivity contribution in [2.24, 2.45) is 0 Å². The lowest BCUT2D eigenvalue weighted by Crippen LogP contribution is -2.00. The molecular weight excluding hydrogens is 234 g/mol. The number of carboxylic acid groups (broad SMARTS) is 1. The van der Waals surface area contributed by atoms with Gasteiger partial charge in [0, 0.05) is 18.3 Å². The maximum Gasteiger partial charge on any atom is 0.354 e. The number of carboxylic acids is 1. The van der Waals surface area contributed by atoms with Crippen LogP contribution in [0.3, 0.4) is 0 Å². The van der Waals surface area contributed by atoms with E-state index < -0.39 is 5.97 Å². The Bertz CT molecular complexity index is 599. The summed E-state index contributed by atoms with van der Waals surface area (Å²) in [7, 11) is 0. The summed E-state index contributed by atoms with van der Waals surface area (Å²) in [5.41, 5.74) is 12.0. The molecule has 0 radical (unpaired) electrons. The molecule has 0 aliphatic heterocycles. The maximum absolute atomic E-state index is 10.7. The van der Waals surface area contributed by atoms with Gasteiger partial charge in [0.05, 0.1) is 11.4 Å². The summed E-state index contributed by atoms with van der Waals surface area (Å²) in [6.45, 7) is 0. The molecule has 0 atom stereocenters. The highest BCUT2D eigenvalue weighted by atomic mass is 16.5. The number of nitrogens with two attached hydrogens (primary N) is 2. The fourth-order valence-corrected chi connectivity index (χ4v) is 1.34. The minimum Gasteiger partial charge on any atom is -0.477 e. The molecule has 0 fully saturated rings. The van der Waals surface area contributed by atoms with Crippen molar-refractivity contribution in [1.29, 1.82) is 0 Å². The Hall–Kier alpha value is -2.76. The molecule has 0 bridgehead atoms. The number of aromatic carboxylic acids is 1. The molecule has 18 heavy (non-hydrogen) atoms. The van der Waals surface area contributed by atoms with E-state index in [1.54, 1.807) is 24.3 Å². The number of ether oxygens (including phenoxy) is 1. The van der Waals surface area contributed by atoms with Gasteiger partial charge in [-0.25, -0.2) is 9.78 Å². The average molecular weight is 245 g/mol. The molecule has 5 N–H and O–H groups in total. The number of aromatic nitrogens is 1. The van der Waals surface area contributed by atoms with Gasteiger partial charge in [-0.15, -0.1) is 0 Å². The van der Waals surface area contributed by atoms with Crippen LogP contribution in [-0.4, -0.2) is 16.1 Å². The lowest BCUT2D eigenvalue weighted by Gasteiger charge is -2.07. The Balaban J connectivity index is 2.25. The third-order valence-electron chi connectivity index (χ3n) is 2.24. The number of nitrogens with zero attached hydrogens (tertiary/aromatic N) is 1. The van der Waals surface area contributed by atoms with Gasteiger partial charge in [0.1, 0.15) is 11.5 Å². The van der Waals surface area contributed by atoms with Crippen molar-refractivity contribution in [3.8, 4) is 11.5 Å². The van der Waals surface area contributed by atoms with E-state index in [-0.39, 0.29) is 5.69 Å². The second-order valence-corrected chi connectivity index (χ2v) is 3.57. The summed E-state index contributed by atoms with van der Waals surface area (Å²) in [6, 6.07) is 7.71. The second kappa shape index (κ2) is 4.62. The first-order valence-electron chi connectivity index (χ1n) is 5.08. The van der Waals surface area contributed by atoms with Crippen molar-refractivity contribution in [1.82, 2.24) is 4.98 Å². The SMILES string of the molecule is Nc1ccc(Oc2ccnc(C(=O)O)c2)cc1N. The zero-order valence-electron chi connectivity index (χ0n) is 9.33. The van der Waals surface area contributed by atoms with Crippen LogP contribution in [0.25, 0.3) is 0 Å². The van der Waals surface area contributed by atoms with E-state index in [0.29, 0.717) is 22.9 Å². The average Bonchev–Trinajstić information content (AvgIpc) is 2.34. The molecule has 6 nitrogen and oxygen atoms in total. The number of anilines is 2. The number of hydrogen-bond acceptors (Lipinski definition) is 5. The van der Waals surface area contributed by atoms with Crippen LogP contribution in [0.2, 0.25) is 0 Å². The Kier molecular flexibility index (Phi) is 3.01. The lowest BCUT2D eigenvalue weighted by molar-refractivity contribution is 0.0690. The fraction of sp³-hybridized carbons (Fsp3) is 0. The normalized spacial score (nSPS) is 10.0. The molecule has 1 aromatic carbocycles. The lowest BCUT2D eigenvalue weighted by atomic mass is 10.2. The summed E-state index contributed by atoms with van der Waals surface area (Å²) < 4.78 is 5.47. The van der Waals surface area contributed by atoms with E-state index >= 15 is 0 Å². The predicted molar refractivity (Wildman–Crippen MR) is 66.5 cm³/mol. The Morgan fingerprint density at radius 2 is 1.83 bits per heavy atom. The molecule has 0 spiro atoms. The van der Waals surface area contributed by atoms with E-state index in [1.165, 1.54) is 12.3 Å². The van der Waals surface area contributed by atoms with Gasteiger partial charge in [-0.1, -0.05) is 0 Å². The molecular formula is C12H11N3O3. The summed E-state index contributed by atoms with van der Waals surface area (Å²) in [6.07, 6.45) is 1.36. The summed E-state index contributed by atoms with van der Waals surface area (Å²) >= 11 is 0. The number of nitrogen functional groups attached to an aromatic ring is 2. The zero-order valence-corrected chi connectivity index (χ0v) is 9.33. The molecule has 0 saturated heterocycles. The van der Waals surface area contributed by atoms with Crippen molar-refractivity contribution >= 4 is 17.3 Å². The minimum absolute atomic E-state index is 0.0871. The molecule has 92 valence electrons. The summed E-state index contributed by atoms with van der Waals surface area (Å²) in [5, 5.41) is 8.80. The molecule has 1 aromatic heterocycles. The van der Waals surface area contributed by atoms with Gasteiger partial charge >= 0.3 is 5.97 Å². The van der Waals surface area contributed by atoms with Crippen LogP contribution in [0.5, 0.6) is 11.5 Å². The van der Waals surface area contributed by atoms with E-state index in [9.17, 15) is 4.79 Å². The molecule has 1 heterocycles. The molecule has 0 unspecified atom stereocenters. The van der Waals surface area contributed by atoms with Crippen LogP contribution < -0.4 is 16.2 Å². The Morgan fingerprint density at radius 3 is 2.50 bits per heavy atom. The van der Waals surface area contributed by atoms with Crippen LogP contribution in [0.1, 0.15) is 10.5 Å². The van der Waals surface area contributed by atoms with Gasteiger partial charge in [-0.3, -0.25) is 0 Å². The van der Waals surface area contributed by atoms with Gasteiger partial charge in [0.25, 0.3) is 0 Å². The van der Waals surface area contributed by atoms with Gasteiger partial charge in [-0.2, -0.15) is 0 Å². The van der Waals surface area contributed by atoms with E-state index in [2.05, 4.69) is 4.98 Å². The van der Waals surface area contributed by atoms with Crippen LogP contribution in [0.4, 0.5) is 11.4 Å². The first-order chi connectivity index (χ1) is 8.56. The maximum atomic E-state index is 10.7. The Labute approximate surface area is 103 Å². The van der Waals surface area contributed by atoms with Crippen molar-refractivity contribution in [2.75, 3.05) is 11.5 Å². The topological polar surface area (TPSA) is 111 Å². The zero-order chi connectivity index (χ0) is 13.1. The van der Waals surface area contributed by atoms with Crippen LogP contribution in [0.15, 0.2) is 36.5 Å². The summed E-state index contributed by atoms with van der Waals surface area (Å²) in [4.78, 5) is 14.4. The van der Waals surface area contributed by atoms with E-state index in [0.717, 1.165) is 0 Å². The number of hydrogen-bond donors (Lipinski definition) is 3. The first-order valence-corrected chi connectivity index (χ1v) is 5.08. The fourth-order valence-electron chi connectivity index (χ4n) is 1.34. The molecule has 0 aliphatic rings. The van der Waals surface area contributed by atoms with Crippen molar-refractivity contribution in [2.45, 2.75) is 0 Å². The number of benzene rings is 1. The molecule has 0 aliphatic carbocycles. The molecule has 2 rings (SSSR count). The number of pyridine rings is 1. The molecule has 2 aromatic rings. The Morgan fingerprint density at radius 1 is 1.11 bits per heavy atom. The van der Waals surface area contributed by atoms with Crippen LogP contribution in [-0.2, 0) is 0 Å². The van der Waals surface area contributed by atoms with Gasteiger partial charge < -0.3 is 21.3 Å². The molecule has 0 amide bonds. The second-order valence-electron chi connectivity index (χ2n) is 3.57. The first kappa shape index (κ1) is 11.7. The van der Waals surface area contributed by atoms with Crippen LogP contribution in [0, 0.1) is 0 Å². The van der Waals surface area contributed by atoms with Gasteiger partial charge in [0.15, 0.2) is 5.69 Å². The smallest absolute Gasteiger partial charge is 0.354 e. The highest BCUT2D eigenvalue weighted by Gasteiger charge is 2.06. The minimum atomic E-state index is -1.11. The van der Waals surface area contributed by atoms with Crippen molar-refractivity contribution in [3.05, 3.63) is 42.2 Å². The highest BCUT2D eigenvalue weighted by molar-refractivity contribution is 5.85. The van der Waals surface area contributed by atoms with Gasteiger partial charge in [0.2, 0.25) is 0 Å². The van der Waals surface area contributed by atoms with E-state index in [1.807, 2.05) is 0 Å². The summed E-state index contributed by atoms with van der Waals surface area (Å²) in [5.74, 6) is -0.270. The quantitative estimate of drug-likeness (QED) is 0.710. The monoisotopic (exact) mass is 245 g/mol. The predicted octanol–water partition coefficient (Wildman–Crippen LogP) is 1.74. The van der Waals surface area contributed by atoms with E-state index in [4.69, 9.17) is 21.3 Å². The van der Waals surface area contributed by atoms with Crippen molar-refractivity contribution in [3.63, 3.8) is 0 Å². The largest absolute Gasteiger partial charge is 0.477 e. The third kappa shape index (κ3) is 2.49. The highest BCUT2D eigenvalue weighted by Crippen LogP contribution is 2.26. The van der Waals surface area contributed by atoms with Gasteiger partial charge in [-0.05, 0) is 18.2 Å². The number of carbonyl (C=O) groups is 1. The van der Waals surface area contributed by atoms with Crippen molar-refractivity contribution < 1.29 is 14.6 Å².